The number of hydrogen-bond acceptors (Lipinski definition) is 7. The zero-order chi connectivity index (χ0) is 25.9. The Balaban J connectivity index is 1.72. The largest absolute Gasteiger partial charge is 0.479 e. The summed E-state index contributed by atoms with van der Waals surface area (Å²) in [5, 5.41) is 0. The number of anilines is 1. The summed E-state index contributed by atoms with van der Waals surface area (Å²) >= 11 is 0. The van der Waals surface area contributed by atoms with Crippen LogP contribution in [0.3, 0.4) is 0 Å². The smallest absolute Gasteiger partial charge is 0.264 e. The van der Waals surface area contributed by atoms with Gasteiger partial charge in [0, 0.05) is 35.3 Å². The van der Waals surface area contributed by atoms with Gasteiger partial charge in [-0.3, -0.25) is 9.71 Å². The first-order valence-electron chi connectivity index (χ1n) is 10.5. The molecule has 1 N–H and O–H groups in total. The Bertz CT molecular complexity index is 1620. The Morgan fingerprint density at radius 1 is 0.944 bits per heavy atom. The van der Waals surface area contributed by atoms with Crippen LogP contribution in [0.15, 0.2) is 60.0 Å². The first kappa shape index (κ1) is 24.7. The molecule has 0 saturated carbocycles. The van der Waals surface area contributed by atoms with Gasteiger partial charge in [-0.1, -0.05) is 11.8 Å². The van der Waals surface area contributed by atoms with Crippen molar-refractivity contribution in [2.24, 2.45) is 0 Å². The molecule has 36 heavy (non-hydrogen) atoms. The van der Waals surface area contributed by atoms with Gasteiger partial charge in [0.15, 0.2) is 0 Å². The van der Waals surface area contributed by atoms with Crippen LogP contribution in [0.5, 0.6) is 5.88 Å². The number of aryl methyl sites for hydroxylation is 2. The van der Waals surface area contributed by atoms with E-state index in [0.717, 1.165) is 23.4 Å². The van der Waals surface area contributed by atoms with Crippen LogP contribution < -0.4 is 9.46 Å². The highest BCUT2D eigenvalue weighted by atomic mass is 32.2. The molecule has 0 aliphatic heterocycles. The van der Waals surface area contributed by atoms with E-state index in [1.54, 1.807) is 13.1 Å². The molecular weight excluding hydrogens is 488 g/mol. The molecule has 0 unspecified atom stereocenters. The normalized spacial score (nSPS) is 10.9. The maximum atomic E-state index is 14.1. The van der Waals surface area contributed by atoms with Crippen molar-refractivity contribution in [3.8, 4) is 29.0 Å². The average Bonchev–Trinajstić information content (AvgIpc) is 2.83. The van der Waals surface area contributed by atoms with Gasteiger partial charge < -0.3 is 4.74 Å². The lowest BCUT2D eigenvalue weighted by Gasteiger charge is -2.12. The topological polar surface area (TPSA) is 107 Å². The molecule has 11 heteroatoms. The van der Waals surface area contributed by atoms with Crippen LogP contribution in [0.4, 0.5) is 14.5 Å². The van der Waals surface area contributed by atoms with Crippen molar-refractivity contribution in [1.29, 1.82) is 0 Å². The van der Waals surface area contributed by atoms with E-state index in [2.05, 4.69) is 36.5 Å². The second kappa shape index (κ2) is 10.1. The summed E-state index contributed by atoms with van der Waals surface area (Å²) in [4.78, 5) is 16.2. The van der Waals surface area contributed by atoms with E-state index in [1.165, 1.54) is 25.7 Å². The van der Waals surface area contributed by atoms with Crippen molar-refractivity contribution in [3.05, 3.63) is 89.3 Å². The monoisotopic (exact) mass is 507 g/mol. The Morgan fingerprint density at radius 3 is 2.44 bits per heavy atom. The lowest BCUT2D eigenvalue weighted by Crippen LogP contribution is -2.16. The number of ether oxygens (including phenoxy) is 1. The van der Waals surface area contributed by atoms with Crippen molar-refractivity contribution in [1.82, 2.24) is 19.9 Å². The number of nitrogens with one attached hydrogen (secondary N) is 1. The van der Waals surface area contributed by atoms with Gasteiger partial charge in [0.25, 0.3) is 10.0 Å². The van der Waals surface area contributed by atoms with Gasteiger partial charge in [-0.25, -0.2) is 32.2 Å². The number of benzene rings is 1. The average molecular weight is 508 g/mol. The Hall–Kier alpha value is -4.43. The van der Waals surface area contributed by atoms with E-state index < -0.39 is 26.6 Å². The molecule has 0 radical (unpaired) electrons. The first-order chi connectivity index (χ1) is 17.2. The predicted molar refractivity (Wildman–Crippen MR) is 129 cm³/mol. The number of halogens is 2. The van der Waals surface area contributed by atoms with Gasteiger partial charge in [0.1, 0.15) is 28.5 Å². The third-order valence-electron chi connectivity index (χ3n) is 5.03. The fourth-order valence-corrected chi connectivity index (χ4v) is 4.34. The molecule has 4 aromatic rings. The van der Waals surface area contributed by atoms with E-state index in [4.69, 9.17) is 4.74 Å². The minimum atomic E-state index is -4.42. The van der Waals surface area contributed by atoms with Gasteiger partial charge in [-0.05, 0) is 44.2 Å². The van der Waals surface area contributed by atoms with Gasteiger partial charge in [-0.15, -0.1) is 0 Å². The van der Waals surface area contributed by atoms with E-state index in [-0.39, 0.29) is 11.6 Å². The minimum absolute atomic E-state index is 0.0581. The standard InChI is InChI=1S/C25H19F2N5O3S/c1-15-4-6-18(13-28-15)24-20(16(2)30-14-31-24)8-5-17-10-22(25(35-3)29-12-17)32-36(33,34)23-9-7-19(26)11-21(23)27/h4,6-7,9-14,32H,1-3H3. The maximum absolute atomic E-state index is 14.1. The number of rotatable bonds is 5. The fourth-order valence-electron chi connectivity index (χ4n) is 3.23. The van der Waals surface area contributed by atoms with Gasteiger partial charge in [0.2, 0.25) is 5.88 Å². The lowest BCUT2D eigenvalue weighted by atomic mass is 10.1. The molecular formula is C25H19F2N5O3S. The maximum Gasteiger partial charge on any atom is 0.264 e. The highest BCUT2D eigenvalue weighted by Crippen LogP contribution is 2.27. The van der Waals surface area contributed by atoms with Crippen molar-refractivity contribution >= 4 is 15.7 Å². The van der Waals surface area contributed by atoms with Gasteiger partial charge in [0.05, 0.1) is 24.1 Å². The quantitative estimate of drug-likeness (QED) is 0.406. The lowest BCUT2D eigenvalue weighted by molar-refractivity contribution is 0.400. The number of aromatic nitrogens is 4. The third kappa shape index (κ3) is 5.29. The fraction of sp³-hybridized carbons (Fsp3) is 0.120. The summed E-state index contributed by atoms with van der Waals surface area (Å²) in [6.07, 6.45) is 4.53. The number of hydrogen-bond donors (Lipinski definition) is 1. The first-order valence-corrected chi connectivity index (χ1v) is 11.9. The zero-order valence-electron chi connectivity index (χ0n) is 19.4. The van der Waals surface area contributed by atoms with Crippen LogP contribution in [-0.4, -0.2) is 35.5 Å². The summed E-state index contributed by atoms with van der Waals surface area (Å²) in [6.45, 7) is 3.67. The number of nitrogens with zero attached hydrogens (tertiary/aromatic N) is 4. The van der Waals surface area contributed by atoms with Crippen LogP contribution >= 0.6 is 0 Å². The number of pyridine rings is 2. The summed E-state index contributed by atoms with van der Waals surface area (Å²) < 4.78 is 60.2. The molecule has 0 saturated heterocycles. The molecule has 0 atom stereocenters. The van der Waals surface area contributed by atoms with Gasteiger partial charge in [-0.2, -0.15) is 0 Å². The Kier molecular flexibility index (Phi) is 6.89. The molecule has 0 fully saturated rings. The zero-order valence-corrected chi connectivity index (χ0v) is 20.2. The molecule has 0 bridgehead atoms. The van der Waals surface area contributed by atoms with E-state index in [0.29, 0.717) is 28.6 Å². The molecule has 0 aliphatic rings. The summed E-state index contributed by atoms with van der Waals surface area (Å²) in [6, 6.07) is 7.30. The molecule has 0 aliphatic carbocycles. The SMILES string of the molecule is COc1ncc(C#Cc2c(C)ncnc2-c2ccc(C)nc2)cc1NS(=O)(=O)c1ccc(F)cc1F. The highest BCUT2D eigenvalue weighted by molar-refractivity contribution is 7.92. The van der Waals surface area contributed by atoms with Crippen LogP contribution in [0.1, 0.15) is 22.5 Å². The molecule has 4 rings (SSSR count). The van der Waals surface area contributed by atoms with Crippen LogP contribution in [-0.2, 0) is 10.0 Å². The molecule has 0 spiro atoms. The van der Waals surface area contributed by atoms with Crippen LogP contribution in [0, 0.1) is 37.3 Å². The van der Waals surface area contributed by atoms with Crippen LogP contribution in [0.25, 0.3) is 11.3 Å². The molecule has 3 heterocycles. The summed E-state index contributed by atoms with van der Waals surface area (Å²) in [7, 11) is -3.11. The van der Waals surface area contributed by atoms with Crippen molar-refractivity contribution < 1.29 is 21.9 Å². The second-order valence-electron chi connectivity index (χ2n) is 7.58. The van der Waals surface area contributed by atoms with Crippen molar-refractivity contribution in [2.75, 3.05) is 11.8 Å². The number of methoxy groups -OCH3 is 1. The third-order valence-corrected chi connectivity index (χ3v) is 6.42. The predicted octanol–water partition coefficient (Wildman–Crippen LogP) is 4.04. The van der Waals surface area contributed by atoms with Crippen molar-refractivity contribution in [3.63, 3.8) is 0 Å². The molecule has 182 valence electrons. The molecule has 3 aromatic heterocycles. The van der Waals surface area contributed by atoms with E-state index in [9.17, 15) is 17.2 Å². The molecule has 1 aromatic carbocycles. The molecule has 0 amide bonds. The van der Waals surface area contributed by atoms with Crippen LogP contribution in [0.2, 0.25) is 0 Å². The second-order valence-corrected chi connectivity index (χ2v) is 9.23. The highest BCUT2D eigenvalue weighted by Gasteiger charge is 2.22. The van der Waals surface area contributed by atoms with E-state index in [1.807, 2.05) is 19.1 Å². The van der Waals surface area contributed by atoms with Crippen molar-refractivity contribution in [2.45, 2.75) is 18.7 Å². The Labute approximate surface area is 206 Å². The Morgan fingerprint density at radius 2 is 1.75 bits per heavy atom. The minimum Gasteiger partial charge on any atom is -0.479 e. The number of sulfonamides is 1. The van der Waals surface area contributed by atoms with E-state index >= 15 is 0 Å². The van der Waals surface area contributed by atoms with Gasteiger partial charge >= 0.3 is 0 Å². The summed E-state index contributed by atoms with van der Waals surface area (Å²) in [5.74, 6) is 3.76. The summed E-state index contributed by atoms with van der Waals surface area (Å²) in [5.41, 5.74) is 3.68. The molecule has 8 nitrogen and oxygen atoms in total.